The van der Waals surface area contributed by atoms with E-state index in [0.29, 0.717) is 19.3 Å². The third-order valence-corrected chi connectivity index (χ3v) is 14.8. The molecule has 0 unspecified atom stereocenters. The molecule has 4 saturated carbocycles. The molecule has 3 heterocycles. The second-order valence-electron chi connectivity index (χ2n) is 17.2. The van der Waals surface area contributed by atoms with Gasteiger partial charge in [-0.25, -0.2) is 4.79 Å². The maximum Gasteiger partial charge on any atom is 0.331 e. The van der Waals surface area contributed by atoms with Gasteiger partial charge in [0.05, 0.1) is 24.4 Å². The van der Waals surface area contributed by atoms with Gasteiger partial charge in [-0.3, -0.25) is 4.79 Å². The largest absolute Gasteiger partial charge is 0.462 e. The quantitative estimate of drug-likeness (QED) is 0.147. The second kappa shape index (κ2) is 14.6. The Morgan fingerprint density at radius 3 is 2.30 bits per heavy atom. The van der Waals surface area contributed by atoms with E-state index in [9.17, 15) is 40.2 Å². The third kappa shape index (κ3) is 6.39. The number of aliphatic hydroxyl groups excluding tert-OH is 5. The maximum atomic E-state index is 12.7. The van der Waals surface area contributed by atoms with Crippen molar-refractivity contribution in [2.45, 2.75) is 158 Å². The summed E-state index contributed by atoms with van der Waals surface area (Å²) < 4.78 is 40.5. The minimum atomic E-state index is -1.62. The molecule has 0 bridgehead atoms. The van der Waals surface area contributed by atoms with Crippen LogP contribution in [-0.2, 0) is 42.7 Å². The summed E-state index contributed by atoms with van der Waals surface area (Å²) in [5.74, 6) is -0.609. The van der Waals surface area contributed by atoms with E-state index in [0.717, 1.165) is 37.7 Å². The van der Waals surface area contributed by atoms with Crippen LogP contribution in [0.5, 0.6) is 0 Å². The lowest BCUT2D eigenvalue weighted by Gasteiger charge is -2.65. The van der Waals surface area contributed by atoms with E-state index in [1.54, 1.807) is 13.0 Å². The summed E-state index contributed by atoms with van der Waals surface area (Å²) in [4.78, 5) is 24.6. The summed E-state index contributed by atoms with van der Waals surface area (Å²) in [7, 11) is 1.33. The number of carbonyl (C=O) groups excluding carboxylic acids is 2. The first-order valence-corrected chi connectivity index (χ1v) is 19.3. The highest BCUT2D eigenvalue weighted by Crippen LogP contribution is 2.70. The highest BCUT2D eigenvalue weighted by molar-refractivity contribution is 5.85. The minimum absolute atomic E-state index is 0.0281. The van der Waals surface area contributed by atoms with Gasteiger partial charge in [0.15, 0.2) is 12.6 Å². The zero-order valence-corrected chi connectivity index (χ0v) is 31.2. The lowest BCUT2D eigenvalue weighted by molar-refractivity contribution is -0.363. The Hall–Kier alpha value is -1.76. The summed E-state index contributed by atoms with van der Waals surface area (Å²) in [5, 5.41) is 66.6. The average Bonchev–Trinajstić information content (AvgIpc) is 3.66. The van der Waals surface area contributed by atoms with Crippen LogP contribution in [0.1, 0.15) is 79.1 Å². The van der Waals surface area contributed by atoms with Crippen molar-refractivity contribution >= 4 is 11.9 Å². The molecule has 7 rings (SSSR count). The number of cyclic esters (lactones) is 1. The molecule has 6 N–H and O–H groups in total. The van der Waals surface area contributed by atoms with E-state index in [-0.39, 0.29) is 36.2 Å². The molecule has 2 saturated heterocycles. The molecule has 53 heavy (non-hydrogen) atoms. The van der Waals surface area contributed by atoms with E-state index in [4.69, 9.17) is 33.2 Å². The van der Waals surface area contributed by atoms with Crippen molar-refractivity contribution in [1.29, 1.82) is 0 Å². The molecule has 0 aromatic rings. The molecule has 4 aliphatic carbocycles. The fourth-order valence-corrected chi connectivity index (χ4v) is 12.0. The van der Waals surface area contributed by atoms with Gasteiger partial charge in [0.2, 0.25) is 0 Å². The van der Waals surface area contributed by atoms with Crippen LogP contribution < -0.4 is 0 Å². The van der Waals surface area contributed by atoms with Crippen molar-refractivity contribution in [3.63, 3.8) is 0 Å². The van der Waals surface area contributed by atoms with Gasteiger partial charge < -0.3 is 63.8 Å². The molecular weight excluding hydrogens is 696 g/mol. The standard InChI is InChI=1S/C38H58O15/c1-17-28(42)33(47-5)31(45)35(49-17)53-32-25(15-39)52-34(30(44)29(32)43)51-21-13-20-6-7-24-23(37(20,4)26(14-21)50-18(2)40)8-10-36(3)22(9-11-38(24,36)46)19-12-27(41)48-16-19/h12,17,20-26,28-35,39,42-46H,6-11,13-16H2,1-5H3/t17-,20-,21+,22+,23-,24+,25-,26+,28+,29-,30+,31-,32+,33+,34+,35+,36+,37-,38-/m0/s1. The smallest absolute Gasteiger partial charge is 0.331 e. The lowest BCUT2D eigenvalue weighted by atomic mass is 9.42. The molecule has 3 aliphatic heterocycles. The number of ether oxygens (including phenoxy) is 7. The number of rotatable bonds is 8. The van der Waals surface area contributed by atoms with Crippen molar-refractivity contribution < 1.29 is 73.4 Å². The molecular formula is C38H58O15. The van der Waals surface area contributed by atoms with Crippen molar-refractivity contribution in [2.24, 2.45) is 34.5 Å². The van der Waals surface area contributed by atoms with Crippen molar-refractivity contribution in [3.8, 4) is 0 Å². The van der Waals surface area contributed by atoms with Gasteiger partial charge in [0, 0.05) is 37.4 Å². The fourth-order valence-electron chi connectivity index (χ4n) is 12.0. The van der Waals surface area contributed by atoms with Gasteiger partial charge >= 0.3 is 11.9 Å². The van der Waals surface area contributed by atoms with E-state index >= 15 is 0 Å². The Bertz CT molecular complexity index is 1410. The Labute approximate surface area is 309 Å². The van der Waals surface area contributed by atoms with Crippen LogP contribution in [0.3, 0.4) is 0 Å². The van der Waals surface area contributed by atoms with Crippen molar-refractivity contribution in [1.82, 2.24) is 0 Å². The second-order valence-corrected chi connectivity index (χ2v) is 17.2. The van der Waals surface area contributed by atoms with Gasteiger partial charge in [-0.05, 0) is 81.1 Å². The van der Waals surface area contributed by atoms with Gasteiger partial charge in [-0.1, -0.05) is 13.8 Å². The summed E-state index contributed by atoms with van der Waals surface area (Å²) in [6, 6.07) is 0. The van der Waals surface area contributed by atoms with Crippen molar-refractivity contribution in [3.05, 3.63) is 11.6 Å². The number of hydrogen-bond donors (Lipinski definition) is 6. The number of aliphatic hydroxyl groups is 6. The molecule has 0 spiro atoms. The first-order valence-electron chi connectivity index (χ1n) is 19.3. The Morgan fingerprint density at radius 2 is 1.64 bits per heavy atom. The lowest BCUT2D eigenvalue weighted by Crippen LogP contribution is -2.66. The first kappa shape index (κ1) is 39.5. The Balaban J connectivity index is 1.06. The van der Waals surface area contributed by atoms with Gasteiger partial charge in [-0.15, -0.1) is 0 Å². The van der Waals surface area contributed by atoms with E-state index in [1.165, 1.54) is 14.0 Å². The van der Waals surface area contributed by atoms with Crippen LogP contribution in [0, 0.1) is 34.5 Å². The number of fused-ring (bicyclic) bond motifs is 5. The van der Waals surface area contributed by atoms with E-state index < -0.39 is 103 Å². The van der Waals surface area contributed by atoms with Crippen LogP contribution in [0.25, 0.3) is 0 Å². The Morgan fingerprint density at radius 1 is 0.906 bits per heavy atom. The van der Waals surface area contributed by atoms with Gasteiger partial charge in [-0.2, -0.15) is 0 Å². The summed E-state index contributed by atoms with van der Waals surface area (Å²) in [5.41, 5.74) is -0.876. The maximum absolute atomic E-state index is 12.7. The van der Waals surface area contributed by atoms with E-state index in [2.05, 4.69) is 13.8 Å². The number of hydrogen-bond acceptors (Lipinski definition) is 15. The van der Waals surface area contributed by atoms with Gasteiger partial charge in [0.25, 0.3) is 0 Å². The third-order valence-electron chi connectivity index (χ3n) is 14.8. The molecule has 15 nitrogen and oxygen atoms in total. The molecule has 0 aromatic heterocycles. The highest BCUT2D eigenvalue weighted by atomic mass is 16.7. The van der Waals surface area contributed by atoms with Crippen LogP contribution in [0.4, 0.5) is 0 Å². The molecule has 7 aliphatic rings. The predicted molar refractivity (Wildman–Crippen MR) is 181 cm³/mol. The predicted octanol–water partition coefficient (Wildman–Crippen LogP) is 0.476. The van der Waals surface area contributed by atoms with Crippen LogP contribution in [-0.4, -0.2) is 142 Å². The molecule has 15 heteroatoms. The molecule has 0 radical (unpaired) electrons. The normalized spacial score (nSPS) is 52.5. The summed E-state index contributed by atoms with van der Waals surface area (Å²) >= 11 is 0. The molecule has 6 fully saturated rings. The number of esters is 2. The first-order chi connectivity index (χ1) is 25.1. The van der Waals surface area contributed by atoms with Gasteiger partial charge in [0.1, 0.15) is 55.4 Å². The summed E-state index contributed by atoms with van der Waals surface area (Å²) in [6.45, 7) is 6.96. The topological polar surface area (TPSA) is 220 Å². The summed E-state index contributed by atoms with van der Waals surface area (Å²) in [6.07, 6.45) is -6.95. The minimum Gasteiger partial charge on any atom is -0.462 e. The monoisotopic (exact) mass is 754 g/mol. The number of carbonyl (C=O) groups is 2. The SMILES string of the molecule is CO[C@H]1[C@H](O)[C@@H](O[C@H]2[C@@H](O)[C@@H](O)[C@H](O[C@@H]3C[C@@H]4CC[C@@H]5[C@H](CC[C@]6(C)[C@@H](C7=CC(=O)OC7)CC[C@]56O)[C@@]4(C)[C@H](OC(C)=O)C3)O[C@H]2CO)O[C@@H](C)[C@H]1O. The molecule has 0 amide bonds. The zero-order chi connectivity index (χ0) is 38.2. The fraction of sp³-hybridized carbons (Fsp3) is 0.895. The highest BCUT2D eigenvalue weighted by Gasteiger charge is 2.69. The van der Waals surface area contributed by atoms with Crippen molar-refractivity contribution in [2.75, 3.05) is 20.3 Å². The van der Waals surface area contributed by atoms with Crippen LogP contribution in [0.2, 0.25) is 0 Å². The van der Waals surface area contributed by atoms with E-state index in [1.807, 2.05) is 0 Å². The molecule has 0 aromatic carbocycles. The zero-order valence-electron chi connectivity index (χ0n) is 31.2. The molecule has 19 atom stereocenters. The number of methoxy groups -OCH3 is 1. The molecule has 300 valence electrons. The average molecular weight is 755 g/mol. The van der Waals surface area contributed by atoms with Crippen LogP contribution in [0.15, 0.2) is 11.6 Å². The Kier molecular flexibility index (Phi) is 10.9. The van der Waals surface area contributed by atoms with Crippen LogP contribution >= 0.6 is 0 Å².